The Bertz CT molecular complexity index is 944. The van der Waals surface area contributed by atoms with Gasteiger partial charge in [-0.25, -0.2) is 18.0 Å². The van der Waals surface area contributed by atoms with Crippen LogP contribution < -0.4 is 4.74 Å². The first kappa shape index (κ1) is 23.3. The van der Waals surface area contributed by atoms with E-state index in [1.54, 1.807) is 4.31 Å². The Labute approximate surface area is 175 Å². The molecule has 0 spiro atoms. The molecule has 1 aliphatic heterocycles. The van der Waals surface area contributed by atoms with E-state index in [4.69, 9.17) is 24.5 Å². The van der Waals surface area contributed by atoms with Crippen LogP contribution in [0.2, 0.25) is 0 Å². The molecule has 9 nitrogen and oxygen atoms in total. The van der Waals surface area contributed by atoms with Crippen molar-refractivity contribution in [3.05, 3.63) is 60.2 Å². The maximum absolute atomic E-state index is 11.6. The number of hydrogen-bond donors (Lipinski definition) is 2. The number of benzene rings is 2. The van der Waals surface area contributed by atoms with Gasteiger partial charge in [-0.15, -0.1) is 0 Å². The predicted octanol–water partition coefficient (Wildman–Crippen LogP) is 1.71. The van der Waals surface area contributed by atoms with Gasteiger partial charge in [0, 0.05) is 32.7 Å². The van der Waals surface area contributed by atoms with E-state index < -0.39 is 22.0 Å². The maximum Gasteiger partial charge on any atom is 0.414 e. The minimum absolute atomic E-state index is 0.555. The van der Waals surface area contributed by atoms with E-state index in [0.717, 1.165) is 36.7 Å². The molecule has 0 radical (unpaired) electrons. The Morgan fingerprint density at radius 2 is 1.47 bits per heavy atom. The second-order valence-electron chi connectivity index (χ2n) is 6.61. The number of carboxylic acids is 2. The highest BCUT2D eigenvalue weighted by atomic mass is 32.2. The summed E-state index contributed by atoms with van der Waals surface area (Å²) in [6, 6.07) is 17.7. The maximum atomic E-state index is 11.6. The molecule has 0 saturated carbocycles. The quantitative estimate of drug-likeness (QED) is 0.679. The molecule has 0 unspecified atom stereocenters. The molecule has 0 amide bonds. The van der Waals surface area contributed by atoms with Gasteiger partial charge in [-0.1, -0.05) is 30.3 Å². The van der Waals surface area contributed by atoms with E-state index in [0.29, 0.717) is 13.1 Å². The van der Waals surface area contributed by atoms with Crippen LogP contribution in [0.25, 0.3) is 0 Å². The minimum atomic E-state index is -3.08. The van der Waals surface area contributed by atoms with Crippen LogP contribution >= 0.6 is 0 Å². The molecule has 0 bridgehead atoms. The fourth-order valence-electron chi connectivity index (χ4n) is 2.81. The Hall–Kier alpha value is -2.95. The molecular weight excluding hydrogens is 412 g/mol. The van der Waals surface area contributed by atoms with Crippen LogP contribution in [0.15, 0.2) is 54.6 Å². The van der Waals surface area contributed by atoms with Crippen LogP contribution in [0.1, 0.15) is 5.56 Å². The van der Waals surface area contributed by atoms with Crippen LogP contribution in [0.5, 0.6) is 11.5 Å². The number of carbonyl (C=O) groups is 2. The summed E-state index contributed by atoms with van der Waals surface area (Å²) in [6.45, 7) is 3.40. The Balaban J connectivity index is 0.000000469. The molecular formula is C20H24N2O7S. The van der Waals surface area contributed by atoms with Crippen LogP contribution in [-0.4, -0.2) is 72.2 Å². The van der Waals surface area contributed by atoms with Crippen LogP contribution in [-0.2, 0) is 26.2 Å². The second kappa shape index (κ2) is 10.7. The van der Waals surface area contributed by atoms with Crippen LogP contribution in [0.4, 0.5) is 0 Å². The smallest absolute Gasteiger partial charge is 0.414 e. The number of ether oxygens (including phenoxy) is 1. The summed E-state index contributed by atoms with van der Waals surface area (Å²) in [7, 11) is -3.08. The van der Waals surface area contributed by atoms with Gasteiger partial charge in [0.2, 0.25) is 10.0 Å². The summed E-state index contributed by atoms with van der Waals surface area (Å²) in [4.78, 5) is 20.5. The average molecular weight is 436 g/mol. The molecule has 2 N–H and O–H groups in total. The van der Waals surface area contributed by atoms with E-state index in [-0.39, 0.29) is 0 Å². The summed E-state index contributed by atoms with van der Waals surface area (Å²) in [5.41, 5.74) is 1.16. The van der Waals surface area contributed by atoms with Crippen LogP contribution in [0, 0.1) is 0 Å². The van der Waals surface area contributed by atoms with Crippen LogP contribution in [0.3, 0.4) is 0 Å². The Morgan fingerprint density at radius 3 is 2.00 bits per heavy atom. The van der Waals surface area contributed by atoms with Gasteiger partial charge >= 0.3 is 11.9 Å². The minimum Gasteiger partial charge on any atom is -0.473 e. The molecule has 2 aromatic carbocycles. The number of aliphatic carboxylic acids is 2. The van der Waals surface area contributed by atoms with E-state index in [2.05, 4.69) is 11.0 Å². The zero-order valence-electron chi connectivity index (χ0n) is 16.5. The van der Waals surface area contributed by atoms with Crippen molar-refractivity contribution in [1.82, 2.24) is 9.21 Å². The molecule has 0 aromatic heterocycles. The normalized spacial score (nSPS) is 15.0. The molecule has 1 heterocycles. The summed E-state index contributed by atoms with van der Waals surface area (Å²) < 4.78 is 30.5. The van der Waals surface area contributed by atoms with Gasteiger partial charge < -0.3 is 14.9 Å². The topological polar surface area (TPSA) is 124 Å². The first-order chi connectivity index (χ1) is 14.1. The largest absolute Gasteiger partial charge is 0.473 e. The molecule has 0 aliphatic carbocycles. The third-order valence-electron chi connectivity index (χ3n) is 4.27. The molecule has 162 valence electrons. The summed E-state index contributed by atoms with van der Waals surface area (Å²) >= 11 is 0. The summed E-state index contributed by atoms with van der Waals surface area (Å²) in [5, 5.41) is 14.8. The van der Waals surface area contributed by atoms with Crippen molar-refractivity contribution in [2.24, 2.45) is 0 Å². The van der Waals surface area contributed by atoms with Gasteiger partial charge in [-0.05, 0) is 29.8 Å². The summed E-state index contributed by atoms with van der Waals surface area (Å²) in [5.74, 6) is -2.02. The molecule has 30 heavy (non-hydrogen) atoms. The second-order valence-corrected chi connectivity index (χ2v) is 8.59. The van der Waals surface area contributed by atoms with Crippen molar-refractivity contribution in [2.45, 2.75) is 6.54 Å². The number of nitrogens with zero attached hydrogens (tertiary/aromatic N) is 2. The lowest BCUT2D eigenvalue weighted by Crippen LogP contribution is -2.47. The first-order valence-electron chi connectivity index (χ1n) is 9.10. The van der Waals surface area contributed by atoms with Gasteiger partial charge in [0.15, 0.2) is 0 Å². The highest BCUT2D eigenvalue weighted by Gasteiger charge is 2.23. The highest BCUT2D eigenvalue weighted by molar-refractivity contribution is 7.88. The monoisotopic (exact) mass is 436 g/mol. The molecule has 1 saturated heterocycles. The number of carboxylic acid groups (broad SMARTS) is 2. The van der Waals surface area contributed by atoms with Gasteiger partial charge in [0.1, 0.15) is 11.5 Å². The molecule has 1 fully saturated rings. The molecule has 2 aromatic rings. The summed E-state index contributed by atoms with van der Waals surface area (Å²) in [6.07, 6.45) is 1.27. The zero-order valence-corrected chi connectivity index (χ0v) is 17.3. The van der Waals surface area contributed by atoms with Gasteiger partial charge in [0.25, 0.3) is 0 Å². The number of hydrogen-bond acceptors (Lipinski definition) is 6. The Morgan fingerprint density at radius 1 is 0.900 bits per heavy atom. The lowest BCUT2D eigenvalue weighted by molar-refractivity contribution is -0.159. The highest BCUT2D eigenvalue weighted by Crippen LogP contribution is 2.22. The van der Waals surface area contributed by atoms with Crippen molar-refractivity contribution in [1.29, 1.82) is 0 Å². The van der Waals surface area contributed by atoms with E-state index >= 15 is 0 Å². The lowest BCUT2D eigenvalue weighted by Gasteiger charge is -2.33. The lowest BCUT2D eigenvalue weighted by atomic mass is 10.2. The van der Waals surface area contributed by atoms with Crippen molar-refractivity contribution in [2.75, 3.05) is 32.4 Å². The number of piperazine rings is 1. The van der Waals surface area contributed by atoms with Gasteiger partial charge in [0.05, 0.1) is 6.26 Å². The average Bonchev–Trinajstić information content (AvgIpc) is 2.69. The van der Waals surface area contributed by atoms with Crippen molar-refractivity contribution in [3.63, 3.8) is 0 Å². The van der Waals surface area contributed by atoms with E-state index in [1.807, 2.05) is 48.5 Å². The molecule has 10 heteroatoms. The van der Waals surface area contributed by atoms with Crippen molar-refractivity contribution >= 4 is 22.0 Å². The SMILES string of the molecule is CS(=O)(=O)N1CCN(Cc2cccc(Oc3ccccc3)c2)CC1.O=C(O)C(=O)O. The fourth-order valence-corrected chi connectivity index (χ4v) is 3.64. The van der Waals surface area contributed by atoms with E-state index in [9.17, 15) is 8.42 Å². The number of sulfonamides is 1. The third-order valence-corrected chi connectivity index (χ3v) is 5.57. The molecule has 0 atom stereocenters. The van der Waals surface area contributed by atoms with Crippen molar-refractivity contribution in [3.8, 4) is 11.5 Å². The zero-order chi connectivity index (χ0) is 22.1. The number of para-hydroxylation sites is 1. The van der Waals surface area contributed by atoms with Crippen molar-refractivity contribution < 1.29 is 33.0 Å². The number of rotatable bonds is 5. The predicted molar refractivity (Wildman–Crippen MR) is 110 cm³/mol. The fraction of sp³-hybridized carbons (Fsp3) is 0.300. The molecule has 3 rings (SSSR count). The third kappa shape index (κ3) is 7.82. The van der Waals surface area contributed by atoms with E-state index in [1.165, 1.54) is 6.26 Å². The van der Waals surface area contributed by atoms with Gasteiger partial charge in [-0.2, -0.15) is 4.31 Å². The van der Waals surface area contributed by atoms with Gasteiger partial charge in [-0.3, -0.25) is 4.90 Å². The Kier molecular flexibility index (Phi) is 8.34. The first-order valence-corrected chi connectivity index (χ1v) is 11.0. The standard InChI is InChI=1S/C18H22N2O3S.C2H2O4/c1-24(21,22)20-12-10-19(11-13-20)15-16-6-5-9-18(14-16)23-17-7-3-2-4-8-17;3-1(4)2(5)6/h2-9,14H,10-13,15H2,1H3;(H,3,4)(H,5,6). The molecule has 1 aliphatic rings.